The Balaban J connectivity index is 1.55. The van der Waals surface area contributed by atoms with Crippen LogP contribution in [0.2, 0.25) is 0 Å². The number of ether oxygens (including phenoxy) is 1. The lowest BCUT2D eigenvalue weighted by molar-refractivity contribution is -0.158. The monoisotopic (exact) mass is 417 g/mol. The van der Waals surface area contributed by atoms with Crippen LogP contribution in [0.1, 0.15) is 35.7 Å². The van der Waals surface area contributed by atoms with Crippen molar-refractivity contribution in [1.82, 2.24) is 14.5 Å². The van der Waals surface area contributed by atoms with Gasteiger partial charge in [-0.2, -0.15) is 0 Å². The number of piperidine rings is 1. The maximum Gasteiger partial charge on any atom is 0.314 e. The third-order valence-electron chi connectivity index (χ3n) is 5.87. The van der Waals surface area contributed by atoms with Crippen molar-refractivity contribution in [2.24, 2.45) is 5.41 Å². The first-order valence-electron chi connectivity index (χ1n) is 10.7. The number of imidazole rings is 1. The summed E-state index contributed by atoms with van der Waals surface area (Å²) in [6, 6.07) is 17.4. The van der Waals surface area contributed by atoms with Gasteiger partial charge in [0.05, 0.1) is 18.3 Å². The zero-order valence-electron chi connectivity index (χ0n) is 17.7. The highest BCUT2D eigenvalue weighted by Crippen LogP contribution is 2.36. The molecule has 1 aromatic heterocycles. The normalized spacial score (nSPS) is 18.5. The van der Waals surface area contributed by atoms with Crippen molar-refractivity contribution in [1.29, 1.82) is 0 Å². The highest BCUT2D eigenvalue weighted by atomic mass is 16.5. The van der Waals surface area contributed by atoms with Gasteiger partial charge in [0, 0.05) is 36.7 Å². The first-order chi connectivity index (χ1) is 15.1. The van der Waals surface area contributed by atoms with Crippen molar-refractivity contribution in [3.05, 3.63) is 84.4 Å². The maximum absolute atomic E-state index is 13.3. The molecule has 0 bridgehead atoms. The average molecular weight is 418 g/mol. The fourth-order valence-electron chi connectivity index (χ4n) is 4.33. The molecule has 1 atom stereocenters. The Hall–Kier alpha value is -3.41. The van der Waals surface area contributed by atoms with Gasteiger partial charge in [-0.3, -0.25) is 9.59 Å². The third kappa shape index (κ3) is 4.53. The van der Waals surface area contributed by atoms with Crippen LogP contribution in [0.4, 0.5) is 0 Å². The van der Waals surface area contributed by atoms with E-state index in [1.807, 2.05) is 72.3 Å². The van der Waals surface area contributed by atoms with Gasteiger partial charge in [0.2, 0.25) is 0 Å². The Morgan fingerprint density at radius 3 is 2.55 bits per heavy atom. The summed E-state index contributed by atoms with van der Waals surface area (Å²) in [6.07, 6.45) is 7.34. The van der Waals surface area contributed by atoms with E-state index in [1.54, 1.807) is 17.4 Å². The van der Waals surface area contributed by atoms with Crippen molar-refractivity contribution >= 4 is 11.9 Å². The molecule has 0 N–H and O–H groups in total. The van der Waals surface area contributed by atoms with Gasteiger partial charge in [0.15, 0.2) is 0 Å². The van der Waals surface area contributed by atoms with E-state index < -0.39 is 5.41 Å². The molecule has 1 fully saturated rings. The van der Waals surface area contributed by atoms with Gasteiger partial charge in [0.25, 0.3) is 5.91 Å². The van der Waals surface area contributed by atoms with E-state index in [-0.39, 0.29) is 11.9 Å². The van der Waals surface area contributed by atoms with Crippen LogP contribution in [-0.2, 0) is 16.0 Å². The number of rotatable bonds is 6. The second kappa shape index (κ2) is 9.16. The Labute approximate surface area is 182 Å². The van der Waals surface area contributed by atoms with Crippen LogP contribution in [0.15, 0.2) is 73.3 Å². The van der Waals surface area contributed by atoms with Crippen LogP contribution in [0.5, 0.6) is 0 Å². The summed E-state index contributed by atoms with van der Waals surface area (Å²) in [6.45, 7) is 3.15. The van der Waals surface area contributed by atoms with Gasteiger partial charge < -0.3 is 14.2 Å². The Morgan fingerprint density at radius 2 is 1.87 bits per heavy atom. The highest BCUT2D eigenvalue weighted by molar-refractivity contribution is 5.95. The quantitative estimate of drug-likeness (QED) is 0.571. The summed E-state index contributed by atoms with van der Waals surface area (Å²) in [5.41, 5.74) is 1.91. The van der Waals surface area contributed by atoms with Gasteiger partial charge in [-0.25, -0.2) is 4.98 Å². The van der Waals surface area contributed by atoms with E-state index in [9.17, 15) is 9.59 Å². The maximum atomic E-state index is 13.3. The molecular formula is C25H27N3O3. The van der Waals surface area contributed by atoms with Gasteiger partial charge >= 0.3 is 5.97 Å². The molecule has 0 aliphatic carbocycles. The molecule has 4 rings (SSSR count). The number of nitrogens with zero attached hydrogens (tertiary/aromatic N) is 3. The van der Waals surface area contributed by atoms with Crippen molar-refractivity contribution in [2.45, 2.75) is 26.2 Å². The van der Waals surface area contributed by atoms with Crippen molar-refractivity contribution in [2.75, 3.05) is 19.7 Å². The Kier molecular flexibility index (Phi) is 6.16. The number of esters is 1. The topological polar surface area (TPSA) is 64.4 Å². The van der Waals surface area contributed by atoms with E-state index in [2.05, 4.69) is 4.98 Å². The number of hydrogen-bond donors (Lipinski definition) is 0. The van der Waals surface area contributed by atoms with Crippen LogP contribution in [0.3, 0.4) is 0 Å². The Bertz CT molecular complexity index is 1020. The molecule has 160 valence electrons. The van der Waals surface area contributed by atoms with Gasteiger partial charge in [-0.15, -0.1) is 0 Å². The number of carbonyl (C=O) groups excluding carboxylic acids is 2. The lowest BCUT2D eigenvalue weighted by atomic mass is 9.75. The van der Waals surface area contributed by atoms with E-state index in [1.165, 1.54) is 0 Å². The highest BCUT2D eigenvalue weighted by Gasteiger charge is 2.44. The smallest absolute Gasteiger partial charge is 0.314 e. The zero-order valence-corrected chi connectivity index (χ0v) is 17.7. The molecule has 3 aromatic rings. The second-order valence-corrected chi connectivity index (χ2v) is 8.01. The van der Waals surface area contributed by atoms with Crippen LogP contribution < -0.4 is 0 Å². The van der Waals surface area contributed by atoms with Crippen LogP contribution in [-0.4, -0.2) is 46.0 Å². The molecule has 1 aliphatic heterocycles. The van der Waals surface area contributed by atoms with Crippen molar-refractivity contribution < 1.29 is 14.3 Å². The summed E-state index contributed by atoms with van der Waals surface area (Å²) in [4.78, 5) is 32.2. The lowest BCUT2D eigenvalue weighted by Crippen LogP contribution is -2.51. The van der Waals surface area contributed by atoms with Crippen molar-refractivity contribution in [3.63, 3.8) is 0 Å². The van der Waals surface area contributed by atoms with E-state index >= 15 is 0 Å². The average Bonchev–Trinajstić information content (AvgIpc) is 3.35. The second-order valence-electron chi connectivity index (χ2n) is 8.01. The number of benzene rings is 2. The molecule has 1 amide bonds. The third-order valence-corrected chi connectivity index (χ3v) is 5.87. The van der Waals surface area contributed by atoms with Crippen molar-refractivity contribution in [3.8, 4) is 5.69 Å². The minimum absolute atomic E-state index is 0.0568. The standard InChI is InChI=1S/C25H27N3O3/c1-2-31-24(30)25(17-20-7-4-3-5-8-20)13-6-15-27(18-25)23(29)21-9-11-22(12-10-21)28-16-14-26-19-28/h3-5,7-12,14,16,19H,2,6,13,15,17-18H2,1H3/t25-/m0/s1. The predicted octanol–water partition coefficient (Wildman–Crippen LogP) is 3.90. The molecular weight excluding hydrogens is 390 g/mol. The van der Waals surface area contributed by atoms with E-state index in [0.29, 0.717) is 38.1 Å². The zero-order chi connectivity index (χ0) is 21.7. The minimum Gasteiger partial charge on any atom is -0.466 e. The first-order valence-corrected chi connectivity index (χ1v) is 10.7. The summed E-state index contributed by atoms with van der Waals surface area (Å²) < 4.78 is 7.35. The number of aromatic nitrogens is 2. The molecule has 1 aliphatic rings. The summed E-state index contributed by atoms with van der Waals surface area (Å²) in [5, 5.41) is 0. The number of carbonyl (C=O) groups is 2. The molecule has 0 radical (unpaired) electrons. The largest absolute Gasteiger partial charge is 0.466 e. The van der Waals surface area contributed by atoms with E-state index in [4.69, 9.17) is 4.74 Å². The summed E-state index contributed by atoms with van der Waals surface area (Å²) in [7, 11) is 0. The van der Waals surface area contributed by atoms with Gasteiger partial charge in [-0.05, 0) is 56.0 Å². The molecule has 6 nitrogen and oxygen atoms in total. The van der Waals surface area contributed by atoms with Gasteiger partial charge in [0.1, 0.15) is 0 Å². The van der Waals surface area contributed by atoms with Crippen LogP contribution >= 0.6 is 0 Å². The number of hydrogen-bond acceptors (Lipinski definition) is 4. The molecule has 2 heterocycles. The Morgan fingerprint density at radius 1 is 1.10 bits per heavy atom. The molecule has 0 unspecified atom stereocenters. The molecule has 0 spiro atoms. The number of amides is 1. The fraction of sp³-hybridized carbons (Fsp3) is 0.320. The predicted molar refractivity (Wildman–Crippen MR) is 118 cm³/mol. The van der Waals surface area contributed by atoms with E-state index in [0.717, 1.165) is 17.7 Å². The molecule has 2 aromatic carbocycles. The SMILES string of the molecule is CCOC(=O)[C@]1(Cc2ccccc2)CCCN(C(=O)c2ccc(-n3ccnc3)cc2)C1. The fourth-order valence-corrected chi connectivity index (χ4v) is 4.33. The minimum atomic E-state index is -0.720. The van der Waals surface area contributed by atoms with Crippen LogP contribution in [0.25, 0.3) is 5.69 Å². The van der Waals surface area contributed by atoms with Crippen LogP contribution in [0, 0.1) is 5.41 Å². The van der Waals surface area contributed by atoms with Gasteiger partial charge in [-0.1, -0.05) is 30.3 Å². The summed E-state index contributed by atoms with van der Waals surface area (Å²) in [5.74, 6) is -0.273. The molecule has 31 heavy (non-hydrogen) atoms. The molecule has 6 heteroatoms. The lowest BCUT2D eigenvalue weighted by Gasteiger charge is -2.41. The molecule has 1 saturated heterocycles. The summed E-state index contributed by atoms with van der Waals surface area (Å²) >= 11 is 0. The number of likely N-dealkylation sites (tertiary alicyclic amines) is 1. The molecule has 0 saturated carbocycles. The first kappa shape index (κ1) is 20.8.